The molecule has 0 bridgehead atoms. The number of carbonyl (C=O) groups is 1. The molecule has 2 heterocycles. The van der Waals surface area contributed by atoms with Crippen molar-refractivity contribution in [2.45, 2.75) is 27.0 Å². The second kappa shape index (κ2) is 9.50. The van der Waals surface area contributed by atoms with E-state index in [1.807, 2.05) is 42.8 Å². The Bertz CT molecular complexity index is 1180. The lowest BCUT2D eigenvalue weighted by Gasteiger charge is -2.30. The minimum atomic E-state index is -3.53. The molecule has 1 saturated heterocycles. The third-order valence-electron chi connectivity index (χ3n) is 5.33. The van der Waals surface area contributed by atoms with Crippen molar-refractivity contribution in [3.8, 4) is 0 Å². The van der Waals surface area contributed by atoms with Gasteiger partial charge in [0.2, 0.25) is 15.9 Å². The molecule has 10 heteroatoms. The Hall–Kier alpha value is -1.59. The number of nitrogens with one attached hydrogen (secondary N) is 1. The summed E-state index contributed by atoms with van der Waals surface area (Å²) in [7, 11) is -3.53. The lowest BCUT2D eigenvalue weighted by molar-refractivity contribution is -0.120. The van der Waals surface area contributed by atoms with E-state index in [1.165, 1.54) is 4.31 Å². The van der Waals surface area contributed by atoms with Crippen LogP contribution in [0, 0.1) is 5.92 Å². The van der Waals surface area contributed by atoms with Crippen LogP contribution in [0.25, 0.3) is 10.2 Å². The minimum Gasteiger partial charge on any atom is -0.326 e. The van der Waals surface area contributed by atoms with Gasteiger partial charge < -0.3 is 5.32 Å². The highest BCUT2D eigenvalue weighted by Gasteiger charge is 2.32. The summed E-state index contributed by atoms with van der Waals surface area (Å²) in [5, 5.41) is 2.99. The molecule has 6 nitrogen and oxygen atoms in total. The molecule has 0 saturated carbocycles. The van der Waals surface area contributed by atoms with Crippen molar-refractivity contribution in [1.29, 1.82) is 0 Å². The van der Waals surface area contributed by atoms with E-state index in [-0.39, 0.29) is 11.8 Å². The lowest BCUT2D eigenvalue weighted by Crippen LogP contribution is -2.41. The van der Waals surface area contributed by atoms with Gasteiger partial charge in [-0.3, -0.25) is 4.79 Å². The predicted molar refractivity (Wildman–Crippen MR) is 130 cm³/mol. The predicted octanol–water partition coefficient (Wildman–Crippen LogP) is 4.78. The Morgan fingerprint density at radius 2 is 1.81 bits per heavy atom. The summed E-state index contributed by atoms with van der Waals surface area (Å²) < 4.78 is 29.4. The van der Waals surface area contributed by atoms with Gasteiger partial charge in [0.1, 0.15) is 0 Å². The zero-order valence-corrected chi connectivity index (χ0v) is 20.5. The number of thiazole rings is 1. The van der Waals surface area contributed by atoms with Crippen LogP contribution in [0.3, 0.4) is 0 Å². The van der Waals surface area contributed by atoms with Gasteiger partial charge in [0.05, 0.1) is 15.1 Å². The van der Waals surface area contributed by atoms with Crippen molar-refractivity contribution in [2.24, 2.45) is 5.92 Å². The van der Waals surface area contributed by atoms with Gasteiger partial charge in [0.15, 0.2) is 4.34 Å². The largest absolute Gasteiger partial charge is 0.326 e. The summed E-state index contributed by atoms with van der Waals surface area (Å²) in [6.45, 7) is 0.686. The molecule has 2 aromatic carbocycles. The first-order valence-electron chi connectivity index (χ1n) is 9.80. The molecule has 4 rings (SSSR count). The summed E-state index contributed by atoms with van der Waals surface area (Å²) in [5.41, 5.74) is 1.68. The maximum Gasteiger partial charge on any atom is 0.243 e. The Morgan fingerprint density at radius 1 is 1.10 bits per heavy atom. The van der Waals surface area contributed by atoms with Gasteiger partial charge in [0.25, 0.3) is 0 Å². The fourth-order valence-electron chi connectivity index (χ4n) is 3.57. The van der Waals surface area contributed by atoms with E-state index in [2.05, 4.69) is 10.3 Å². The molecule has 1 fully saturated rings. The number of carbonyl (C=O) groups excluding carboxylic acids is 1. The molecule has 164 valence electrons. The van der Waals surface area contributed by atoms with Gasteiger partial charge in [-0.1, -0.05) is 11.8 Å². The Morgan fingerprint density at radius 3 is 2.45 bits per heavy atom. The van der Waals surface area contributed by atoms with Crippen LogP contribution in [0.2, 0.25) is 0 Å². The molecule has 1 N–H and O–H groups in total. The number of sulfonamides is 1. The first-order valence-corrected chi connectivity index (χ1v) is 14.5. The summed E-state index contributed by atoms with van der Waals surface area (Å²) in [6.07, 6.45) is 4.96. The van der Waals surface area contributed by atoms with Crippen LogP contribution < -0.4 is 5.32 Å². The number of piperidine rings is 1. The van der Waals surface area contributed by atoms with Gasteiger partial charge in [-0.25, -0.2) is 13.4 Å². The number of fused-ring (bicyclic) bond motifs is 1. The van der Waals surface area contributed by atoms with E-state index in [0.29, 0.717) is 30.8 Å². The SMILES string of the molecule is CSc1ccc(S(=O)(=O)N2CCC(C(=O)Nc3ccc4nc(SC)sc4c3)CC2)cc1. The maximum atomic E-state index is 12.9. The van der Waals surface area contributed by atoms with Crippen molar-refractivity contribution in [3.63, 3.8) is 0 Å². The molecule has 31 heavy (non-hydrogen) atoms. The molecule has 0 aliphatic carbocycles. The molecule has 3 aromatic rings. The molecular weight excluding hydrogens is 471 g/mol. The van der Waals surface area contributed by atoms with E-state index < -0.39 is 10.0 Å². The summed E-state index contributed by atoms with van der Waals surface area (Å²) in [4.78, 5) is 18.6. The monoisotopic (exact) mass is 493 g/mol. The van der Waals surface area contributed by atoms with Crippen molar-refractivity contribution in [3.05, 3.63) is 42.5 Å². The molecule has 0 radical (unpaired) electrons. The van der Waals surface area contributed by atoms with E-state index in [4.69, 9.17) is 0 Å². The normalized spacial score (nSPS) is 15.9. The van der Waals surface area contributed by atoms with Crippen LogP contribution in [0.15, 0.2) is 56.6 Å². The number of aromatic nitrogens is 1. The summed E-state index contributed by atoms with van der Waals surface area (Å²) in [6, 6.07) is 12.7. The van der Waals surface area contributed by atoms with E-state index >= 15 is 0 Å². The topological polar surface area (TPSA) is 79.4 Å². The third-order valence-corrected chi connectivity index (χ3v) is 9.99. The number of rotatable bonds is 6. The average Bonchev–Trinajstić information content (AvgIpc) is 3.21. The third kappa shape index (κ3) is 4.93. The number of nitrogens with zero attached hydrogens (tertiary/aromatic N) is 2. The maximum absolute atomic E-state index is 12.9. The highest BCUT2D eigenvalue weighted by Crippen LogP contribution is 2.31. The number of amides is 1. The Labute approximate surface area is 194 Å². The molecule has 0 unspecified atom stereocenters. The van der Waals surface area contributed by atoms with Crippen LogP contribution in [-0.2, 0) is 14.8 Å². The first-order chi connectivity index (χ1) is 14.9. The molecule has 1 aromatic heterocycles. The van der Waals surface area contributed by atoms with Gasteiger partial charge in [-0.05, 0) is 67.8 Å². The van der Waals surface area contributed by atoms with Crippen molar-refractivity contribution >= 4 is 66.7 Å². The second-order valence-corrected chi connectivity index (χ2v) is 12.1. The lowest BCUT2D eigenvalue weighted by atomic mass is 9.97. The fourth-order valence-corrected chi connectivity index (χ4v) is 6.97. The smallest absolute Gasteiger partial charge is 0.243 e. The molecule has 1 aliphatic rings. The van der Waals surface area contributed by atoms with Crippen molar-refractivity contribution in [2.75, 3.05) is 30.9 Å². The van der Waals surface area contributed by atoms with Gasteiger partial charge in [-0.15, -0.1) is 23.1 Å². The highest BCUT2D eigenvalue weighted by molar-refractivity contribution is 8.00. The quantitative estimate of drug-likeness (QED) is 0.498. The standard InChI is InChI=1S/C21H23N3O3S4/c1-28-16-4-6-17(7-5-16)31(26,27)24-11-9-14(10-12-24)20(25)22-15-3-8-18-19(13-15)30-21(23-18)29-2/h3-8,13-14H,9-12H2,1-2H3,(H,22,25). The summed E-state index contributed by atoms with van der Waals surface area (Å²) in [5.74, 6) is -0.264. The van der Waals surface area contributed by atoms with E-state index in [0.717, 1.165) is 25.1 Å². The van der Waals surface area contributed by atoms with Crippen LogP contribution in [0.4, 0.5) is 5.69 Å². The van der Waals surface area contributed by atoms with E-state index in [1.54, 1.807) is 47.0 Å². The number of hydrogen-bond acceptors (Lipinski definition) is 7. The van der Waals surface area contributed by atoms with Crippen LogP contribution in [0.1, 0.15) is 12.8 Å². The number of anilines is 1. The van der Waals surface area contributed by atoms with Crippen molar-refractivity contribution < 1.29 is 13.2 Å². The number of benzene rings is 2. The zero-order chi connectivity index (χ0) is 22.0. The first kappa shape index (κ1) is 22.6. The fraction of sp³-hybridized carbons (Fsp3) is 0.333. The highest BCUT2D eigenvalue weighted by atomic mass is 32.2. The molecular formula is C21H23N3O3S4. The zero-order valence-electron chi connectivity index (χ0n) is 17.2. The van der Waals surface area contributed by atoms with E-state index in [9.17, 15) is 13.2 Å². The van der Waals surface area contributed by atoms with Gasteiger partial charge in [-0.2, -0.15) is 4.31 Å². The molecule has 0 atom stereocenters. The van der Waals surface area contributed by atoms with Crippen LogP contribution in [0.5, 0.6) is 0 Å². The summed E-state index contributed by atoms with van der Waals surface area (Å²) >= 11 is 4.78. The van der Waals surface area contributed by atoms with Crippen LogP contribution >= 0.6 is 34.9 Å². The molecule has 0 spiro atoms. The average molecular weight is 494 g/mol. The van der Waals surface area contributed by atoms with Gasteiger partial charge >= 0.3 is 0 Å². The van der Waals surface area contributed by atoms with Gasteiger partial charge in [0, 0.05) is 29.6 Å². The molecule has 1 aliphatic heterocycles. The van der Waals surface area contributed by atoms with Crippen molar-refractivity contribution in [1.82, 2.24) is 9.29 Å². The number of thioether (sulfide) groups is 2. The minimum absolute atomic E-state index is 0.0599. The number of hydrogen-bond donors (Lipinski definition) is 1. The van der Waals surface area contributed by atoms with Crippen LogP contribution in [-0.4, -0.2) is 49.2 Å². The Kier molecular flexibility index (Phi) is 6.92. The molecule has 1 amide bonds. The Balaban J connectivity index is 1.38. The second-order valence-electron chi connectivity index (χ2n) is 7.21.